The van der Waals surface area contributed by atoms with Crippen molar-refractivity contribution < 1.29 is 14.3 Å². The number of nitrogens with one attached hydrogen (secondary N) is 1. The Morgan fingerprint density at radius 1 is 1.21 bits per heavy atom. The summed E-state index contributed by atoms with van der Waals surface area (Å²) >= 11 is 1.34. The first-order valence-corrected chi connectivity index (χ1v) is 11.1. The van der Waals surface area contributed by atoms with E-state index in [1.807, 2.05) is 35.0 Å². The molecule has 1 fully saturated rings. The molecule has 156 valence electrons. The summed E-state index contributed by atoms with van der Waals surface area (Å²) in [7, 11) is 1.36. The van der Waals surface area contributed by atoms with Crippen LogP contribution in [0.2, 0.25) is 0 Å². The Kier molecular flexibility index (Phi) is 8.10. The van der Waals surface area contributed by atoms with Gasteiger partial charge in [-0.15, -0.1) is 5.10 Å². The molecule has 0 saturated heterocycles. The van der Waals surface area contributed by atoms with Crippen molar-refractivity contribution in [3.8, 4) is 5.69 Å². The largest absolute Gasteiger partial charge is 0.469 e. The molecule has 1 aromatic carbocycles. The van der Waals surface area contributed by atoms with Gasteiger partial charge in [-0.3, -0.25) is 9.59 Å². The Balaban J connectivity index is 1.60. The summed E-state index contributed by atoms with van der Waals surface area (Å²) in [4.78, 5) is 28.0. The standard InChI is InChI=1S/C21H28N4O3S/c1-28-19(27)13-8-14-22-18(26)15-29-21-23-20(16-9-4-2-5-10-16)25(24-21)17-11-6-3-7-12-17/h3,6-7,11-12,16H,2,4-5,8-10,13-15H2,1H3,(H,22,26). The van der Waals surface area contributed by atoms with E-state index in [1.165, 1.54) is 38.1 Å². The van der Waals surface area contributed by atoms with Gasteiger partial charge >= 0.3 is 5.97 Å². The first kappa shape index (κ1) is 21.4. The van der Waals surface area contributed by atoms with E-state index in [0.717, 1.165) is 24.4 Å². The first-order chi connectivity index (χ1) is 14.2. The Bertz CT molecular complexity index is 804. The molecule has 1 heterocycles. The molecule has 29 heavy (non-hydrogen) atoms. The number of nitrogens with zero attached hydrogens (tertiary/aromatic N) is 3. The fraction of sp³-hybridized carbons (Fsp3) is 0.524. The SMILES string of the molecule is COC(=O)CCCNC(=O)CSc1nc(C2CCCCC2)n(-c2ccccc2)n1. The lowest BCUT2D eigenvalue weighted by Gasteiger charge is -2.21. The van der Waals surface area contributed by atoms with Crippen molar-refractivity contribution in [3.05, 3.63) is 36.2 Å². The molecule has 0 aliphatic heterocycles. The minimum atomic E-state index is -0.264. The minimum Gasteiger partial charge on any atom is -0.469 e. The molecule has 1 saturated carbocycles. The van der Waals surface area contributed by atoms with Crippen molar-refractivity contribution in [2.24, 2.45) is 0 Å². The Morgan fingerprint density at radius 3 is 2.69 bits per heavy atom. The summed E-state index contributed by atoms with van der Waals surface area (Å²) in [6.45, 7) is 0.452. The quantitative estimate of drug-likeness (QED) is 0.383. The highest BCUT2D eigenvalue weighted by molar-refractivity contribution is 7.99. The van der Waals surface area contributed by atoms with Crippen LogP contribution in [0.4, 0.5) is 0 Å². The van der Waals surface area contributed by atoms with Gasteiger partial charge in [0.2, 0.25) is 11.1 Å². The number of rotatable bonds is 9. The third kappa shape index (κ3) is 6.32. The van der Waals surface area contributed by atoms with Crippen molar-refractivity contribution >= 4 is 23.6 Å². The van der Waals surface area contributed by atoms with Crippen molar-refractivity contribution in [1.29, 1.82) is 0 Å². The van der Waals surface area contributed by atoms with E-state index in [0.29, 0.717) is 30.5 Å². The average molecular weight is 417 g/mol. The zero-order chi connectivity index (χ0) is 20.5. The van der Waals surface area contributed by atoms with Crippen LogP contribution in [-0.2, 0) is 14.3 Å². The van der Waals surface area contributed by atoms with Gasteiger partial charge in [0.25, 0.3) is 0 Å². The van der Waals surface area contributed by atoms with Crippen molar-refractivity contribution in [1.82, 2.24) is 20.1 Å². The molecule has 2 aromatic rings. The summed E-state index contributed by atoms with van der Waals surface area (Å²) < 4.78 is 6.52. The molecule has 1 amide bonds. The fourth-order valence-electron chi connectivity index (χ4n) is 3.49. The lowest BCUT2D eigenvalue weighted by molar-refractivity contribution is -0.140. The third-order valence-corrected chi connectivity index (χ3v) is 5.86. The number of carbonyl (C=O) groups excluding carboxylic acids is 2. The second kappa shape index (κ2) is 11.0. The number of esters is 1. The number of benzene rings is 1. The summed E-state index contributed by atoms with van der Waals surface area (Å²) in [6.07, 6.45) is 6.87. The van der Waals surface area contributed by atoms with Crippen LogP contribution in [0.25, 0.3) is 5.69 Å². The third-order valence-electron chi connectivity index (χ3n) is 5.02. The van der Waals surface area contributed by atoms with Gasteiger partial charge in [-0.2, -0.15) is 0 Å². The van der Waals surface area contributed by atoms with E-state index < -0.39 is 0 Å². The van der Waals surface area contributed by atoms with Gasteiger partial charge in [0.15, 0.2) is 0 Å². The van der Waals surface area contributed by atoms with Crippen LogP contribution in [0.15, 0.2) is 35.5 Å². The number of methoxy groups -OCH3 is 1. The number of ether oxygens (including phenoxy) is 1. The van der Waals surface area contributed by atoms with Gasteiger partial charge in [-0.1, -0.05) is 49.2 Å². The zero-order valence-electron chi connectivity index (χ0n) is 16.8. The molecular formula is C21H28N4O3S. The molecule has 1 N–H and O–H groups in total. The number of hydrogen-bond acceptors (Lipinski definition) is 6. The van der Waals surface area contributed by atoms with Gasteiger partial charge in [-0.25, -0.2) is 9.67 Å². The first-order valence-electron chi connectivity index (χ1n) is 10.2. The van der Waals surface area contributed by atoms with Crippen LogP contribution in [-0.4, -0.2) is 46.0 Å². The smallest absolute Gasteiger partial charge is 0.305 e. The van der Waals surface area contributed by atoms with E-state index in [4.69, 9.17) is 4.98 Å². The molecule has 1 aliphatic carbocycles. The predicted octanol–water partition coefficient (Wildman–Crippen LogP) is 3.48. The molecule has 3 rings (SSSR count). The van der Waals surface area contributed by atoms with Crippen LogP contribution in [0.5, 0.6) is 0 Å². The summed E-state index contributed by atoms with van der Waals surface area (Å²) in [5, 5.41) is 8.13. The van der Waals surface area contributed by atoms with E-state index in [9.17, 15) is 9.59 Å². The number of aromatic nitrogens is 3. The lowest BCUT2D eigenvalue weighted by atomic mass is 9.88. The van der Waals surface area contributed by atoms with Crippen LogP contribution < -0.4 is 5.32 Å². The fourth-order valence-corrected chi connectivity index (χ4v) is 4.15. The van der Waals surface area contributed by atoms with Gasteiger partial charge < -0.3 is 10.1 Å². The maximum absolute atomic E-state index is 12.1. The normalized spacial score (nSPS) is 14.5. The van der Waals surface area contributed by atoms with Gasteiger partial charge in [0, 0.05) is 18.9 Å². The average Bonchev–Trinajstić information content (AvgIpc) is 3.20. The molecule has 1 aromatic heterocycles. The minimum absolute atomic E-state index is 0.0878. The van der Waals surface area contributed by atoms with Crippen LogP contribution in [0.3, 0.4) is 0 Å². The number of para-hydroxylation sites is 1. The maximum Gasteiger partial charge on any atom is 0.305 e. The Labute approximate surface area is 175 Å². The highest BCUT2D eigenvalue weighted by atomic mass is 32.2. The maximum atomic E-state index is 12.1. The second-order valence-corrected chi connectivity index (χ2v) is 8.10. The van der Waals surface area contributed by atoms with E-state index in [-0.39, 0.29) is 17.6 Å². The molecule has 0 bridgehead atoms. The summed E-state index contributed by atoms with van der Waals surface area (Å²) in [5.41, 5.74) is 1.000. The summed E-state index contributed by atoms with van der Waals surface area (Å²) in [5.74, 6) is 1.31. The molecule has 1 aliphatic rings. The van der Waals surface area contributed by atoms with Crippen LogP contribution >= 0.6 is 11.8 Å². The molecular weight excluding hydrogens is 388 g/mol. The van der Waals surface area contributed by atoms with Crippen LogP contribution in [0, 0.1) is 0 Å². The monoisotopic (exact) mass is 416 g/mol. The molecule has 0 spiro atoms. The highest BCUT2D eigenvalue weighted by Gasteiger charge is 2.23. The van der Waals surface area contributed by atoms with Crippen molar-refractivity contribution in [2.45, 2.75) is 56.0 Å². The zero-order valence-corrected chi connectivity index (χ0v) is 17.6. The molecule has 7 nitrogen and oxygen atoms in total. The van der Waals surface area contributed by atoms with Crippen molar-refractivity contribution in [3.63, 3.8) is 0 Å². The Morgan fingerprint density at radius 2 is 1.97 bits per heavy atom. The van der Waals surface area contributed by atoms with Gasteiger partial charge in [0.05, 0.1) is 18.6 Å². The molecule has 8 heteroatoms. The Hall–Kier alpha value is -2.35. The van der Waals surface area contributed by atoms with E-state index >= 15 is 0 Å². The number of hydrogen-bond donors (Lipinski definition) is 1. The molecule has 0 atom stereocenters. The topological polar surface area (TPSA) is 86.1 Å². The highest BCUT2D eigenvalue weighted by Crippen LogP contribution is 2.33. The molecule has 0 radical (unpaired) electrons. The van der Waals surface area contributed by atoms with Crippen molar-refractivity contribution in [2.75, 3.05) is 19.4 Å². The summed E-state index contributed by atoms with van der Waals surface area (Å²) in [6, 6.07) is 10.0. The van der Waals surface area contributed by atoms with Gasteiger partial charge in [-0.05, 0) is 31.4 Å². The number of thioether (sulfide) groups is 1. The van der Waals surface area contributed by atoms with Crippen LogP contribution in [0.1, 0.15) is 56.7 Å². The number of amides is 1. The second-order valence-electron chi connectivity index (χ2n) is 7.15. The predicted molar refractivity (Wildman–Crippen MR) is 112 cm³/mol. The molecule has 0 unspecified atom stereocenters. The van der Waals surface area contributed by atoms with Gasteiger partial charge in [0.1, 0.15) is 5.82 Å². The van der Waals surface area contributed by atoms with E-state index in [1.54, 1.807) is 0 Å². The lowest BCUT2D eigenvalue weighted by Crippen LogP contribution is -2.26. The number of carbonyl (C=O) groups is 2. The van der Waals surface area contributed by atoms with E-state index in [2.05, 4.69) is 15.2 Å².